The van der Waals surface area contributed by atoms with E-state index in [1.807, 2.05) is 0 Å². The van der Waals surface area contributed by atoms with E-state index in [4.69, 9.17) is 14.2 Å². The van der Waals surface area contributed by atoms with Crippen molar-refractivity contribution in [3.63, 3.8) is 0 Å². The van der Waals surface area contributed by atoms with Crippen LogP contribution in [0.3, 0.4) is 0 Å². The van der Waals surface area contributed by atoms with Crippen LogP contribution in [0.25, 0.3) is 0 Å². The minimum absolute atomic E-state index is 0.00187. The fourth-order valence-corrected chi connectivity index (χ4v) is 4.52. The Bertz CT molecular complexity index is 1390. The van der Waals surface area contributed by atoms with Gasteiger partial charge in [-0.1, -0.05) is 18.2 Å². The Morgan fingerprint density at radius 1 is 1.08 bits per heavy atom. The van der Waals surface area contributed by atoms with Crippen LogP contribution in [0.5, 0.6) is 17.2 Å². The fourth-order valence-electron chi connectivity index (χ4n) is 4.52. The molecule has 0 saturated heterocycles. The third-order valence-corrected chi connectivity index (χ3v) is 6.36. The molecule has 0 aromatic heterocycles. The molecule has 198 valence electrons. The predicted molar refractivity (Wildman–Crippen MR) is 133 cm³/mol. The third kappa shape index (κ3) is 4.57. The Kier molecular flexibility index (Phi) is 7.17. The molecule has 0 radical (unpaired) electrons. The summed E-state index contributed by atoms with van der Waals surface area (Å²) in [6, 6.07) is 13.4. The van der Waals surface area contributed by atoms with Gasteiger partial charge in [-0.25, -0.2) is 9.18 Å². The molecule has 3 aromatic carbocycles. The zero-order valence-electron chi connectivity index (χ0n) is 20.6. The maximum atomic E-state index is 15.5. The molecule has 0 fully saturated rings. The quantitative estimate of drug-likeness (QED) is 0.335. The molecule has 0 saturated carbocycles. The monoisotopic (exact) mass is 525 g/mol. The molecule has 11 nitrogen and oxygen atoms in total. The number of aliphatic carboxylic acids is 1. The van der Waals surface area contributed by atoms with Crippen molar-refractivity contribution in [2.75, 3.05) is 32.7 Å². The summed E-state index contributed by atoms with van der Waals surface area (Å²) in [5.74, 6) is -2.23. The number of hydrogen-bond donors (Lipinski definition) is 2. The molecule has 2 atom stereocenters. The van der Waals surface area contributed by atoms with Gasteiger partial charge in [-0.15, -0.1) is 0 Å². The number of nitro benzene ring substituents is 1. The number of halogens is 1. The van der Waals surface area contributed by atoms with Crippen LogP contribution in [0.1, 0.15) is 11.1 Å². The normalized spacial score (nSPS) is 17.7. The Labute approximate surface area is 216 Å². The number of anilines is 1. The van der Waals surface area contributed by atoms with Crippen LogP contribution in [0.2, 0.25) is 0 Å². The van der Waals surface area contributed by atoms with E-state index in [9.17, 15) is 24.8 Å². The summed E-state index contributed by atoms with van der Waals surface area (Å²) in [4.78, 5) is 38.1. The summed E-state index contributed by atoms with van der Waals surface area (Å²) >= 11 is 0. The van der Waals surface area contributed by atoms with E-state index in [2.05, 4.69) is 5.32 Å². The van der Waals surface area contributed by atoms with Crippen molar-refractivity contribution < 1.29 is 38.2 Å². The number of likely N-dealkylation sites (N-methyl/N-ethyl adjacent to an activating group) is 1. The number of nitrogens with zero attached hydrogens (tertiary/aromatic N) is 2. The molecule has 0 bridgehead atoms. The van der Waals surface area contributed by atoms with Crippen molar-refractivity contribution in [3.8, 4) is 17.2 Å². The van der Waals surface area contributed by atoms with Crippen LogP contribution in [0.4, 0.5) is 15.8 Å². The van der Waals surface area contributed by atoms with Gasteiger partial charge in [-0.2, -0.15) is 0 Å². The smallest absolute Gasteiger partial charge is 0.347 e. The minimum Gasteiger partial charge on any atom is -0.496 e. The second-order valence-electron chi connectivity index (χ2n) is 8.44. The molecule has 38 heavy (non-hydrogen) atoms. The van der Waals surface area contributed by atoms with Crippen LogP contribution in [0, 0.1) is 15.9 Å². The van der Waals surface area contributed by atoms with Crippen molar-refractivity contribution in [2.45, 2.75) is 11.6 Å². The number of carbonyl (C=O) groups is 2. The highest BCUT2D eigenvalue weighted by Crippen LogP contribution is 2.44. The molecule has 2 N–H and O–H groups in total. The topological polar surface area (TPSA) is 140 Å². The molecule has 3 aromatic rings. The lowest BCUT2D eigenvalue weighted by Crippen LogP contribution is -2.59. The number of carboxylic acid groups (broad SMARTS) is 1. The van der Waals surface area contributed by atoms with E-state index in [1.54, 1.807) is 6.07 Å². The number of methoxy groups -OCH3 is 2. The van der Waals surface area contributed by atoms with Gasteiger partial charge >= 0.3 is 5.97 Å². The number of nitrogens with one attached hydrogen (secondary N) is 1. The Morgan fingerprint density at radius 3 is 2.29 bits per heavy atom. The molecular formula is C26H24FN3O8. The van der Waals surface area contributed by atoms with E-state index in [0.717, 1.165) is 12.1 Å². The molecule has 1 amide bonds. The molecule has 0 spiro atoms. The first-order valence-electron chi connectivity index (χ1n) is 11.3. The number of carbonyl (C=O) groups excluding carboxylic acids is 1. The predicted octanol–water partition coefficient (Wildman–Crippen LogP) is 3.09. The minimum atomic E-state index is -2.10. The van der Waals surface area contributed by atoms with Crippen molar-refractivity contribution in [3.05, 3.63) is 87.7 Å². The van der Waals surface area contributed by atoms with E-state index in [0.29, 0.717) is 11.5 Å². The van der Waals surface area contributed by atoms with Gasteiger partial charge in [0.2, 0.25) is 12.0 Å². The Morgan fingerprint density at radius 2 is 1.71 bits per heavy atom. The van der Waals surface area contributed by atoms with Crippen LogP contribution in [-0.2, 0) is 15.1 Å². The summed E-state index contributed by atoms with van der Waals surface area (Å²) in [6.45, 7) is -0.429. The zero-order valence-corrected chi connectivity index (χ0v) is 20.6. The fraction of sp³-hybridized carbons (Fsp3) is 0.231. The highest BCUT2D eigenvalue weighted by molar-refractivity contribution is 5.97. The summed E-state index contributed by atoms with van der Waals surface area (Å²) in [5.41, 5.74) is -2.57. The van der Waals surface area contributed by atoms with Gasteiger partial charge in [0.25, 0.3) is 5.69 Å². The average Bonchev–Trinajstić information content (AvgIpc) is 3.02. The largest absolute Gasteiger partial charge is 0.496 e. The average molecular weight is 525 g/mol. The van der Waals surface area contributed by atoms with Crippen LogP contribution in [0.15, 0.2) is 60.7 Å². The van der Waals surface area contributed by atoms with E-state index >= 15 is 4.39 Å². The van der Waals surface area contributed by atoms with Crippen molar-refractivity contribution >= 4 is 23.3 Å². The van der Waals surface area contributed by atoms with Gasteiger partial charge < -0.3 is 24.2 Å². The Hall–Kier alpha value is -4.71. The van der Waals surface area contributed by atoms with E-state index < -0.39 is 40.8 Å². The summed E-state index contributed by atoms with van der Waals surface area (Å²) < 4.78 is 32.0. The van der Waals surface area contributed by atoms with Gasteiger partial charge in [-0.3, -0.25) is 20.2 Å². The highest BCUT2D eigenvalue weighted by atomic mass is 19.1. The second-order valence-corrected chi connectivity index (χ2v) is 8.44. The summed E-state index contributed by atoms with van der Waals surface area (Å²) in [6.07, 6.45) is -1.93. The van der Waals surface area contributed by atoms with Gasteiger partial charge in [0.1, 0.15) is 28.6 Å². The second kappa shape index (κ2) is 10.3. The van der Waals surface area contributed by atoms with Crippen LogP contribution < -0.4 is 24.4 Å². The maximum Gasteiger partial charge on any atom is 0.347 e. The lowest BCUT2D eigenvalue weighted by atomic mass is 9.76. The molecule has 4 rings (SSSR count). The van der Waals surface area contributed by atoms with Gasteiger partial charge in [0.05, 0.1) is 25.7 Å². The lowest BCUT2D eigenvalue weighted by Gasteiger charge is -2.40. The standard InChI is InChI=1S/C26H24FN3O8/c1-29-22-9-8-15(30(34)35)10-20(22)26(28-14-23(29)31,19-6-4-5-7-21(19)27)24(25(32)33)38-18-12-16(36-2)11-17(13-18)37-3/h4-13,24,28H,14H2,1-3H3,(H,32,33)/t24-,26+/m1/s1. The molecule has 1 aliphatic rings. The van der Waals surface area contributed by atoms with Gasteiger partial charge in [0, 0.05) is 54.2 Å². The number of rotatable bonds is 8. The molecular weight excluding hydrogens is 501 g/mol. The molecule has 12 heteroatoms. The number of benzene rings is 3. The molecule has 1 aliphatic heterocycles. The lowest BCUT2D eigenvalue weighted by molar-refractivity contribution is -0.385. The summed E-state index contributed by atoms with van der Waals surface area (Å²) in [7, 11) is 4.24. The van der Waals surface area contributed by atoms with E-state index in [-0.39, 0.29) is 28.3 Å². The number of non-ortho nitro benzene ring substituents is 1. The molecule has 1 heterocycles. The van der Waals surface area contributed by atoms with Crippen molar-refractivity contribution in [1.82, 2.24) is 5.32 Å². The summed E-state index contributed by atoms with van der Waals surface area (Å²) in [5, 5.41) is 25.1. The third-order valence-electron chi connectivity index (χ3n) is 6.36. The van der Waals surface area contributed by atoms with Crippen molar-refractivity contribution in [1.29, 1.82) is 0 Å². The first-order valence-corrected chi connectivity index (χ1v) is 11.3. The van der Waals surface area contributed by atoms with Gasteiger partial charge in [-0.05, 0) is 12.1 Å². The van der Waals surface area contributed by atoms with E-state index in [1.165, 1.54) is 68.6 Å². The Balaban J connectivity index is 2.07. The number of nitro groups is 1. The number of amides is 1. The van der Waals surface area contributed by atoms with Crippen LogP contribution in [-0.4, -0.2) is 55.8 Å². The number of hydrogen-bond acceptors (Lipinski definition) is 8. The zero-order chi connectivity index (χ0) is 27.6. The highest BCUT2D eigenvalue weighted by Gasteiger charge is 2.53. The SMILES string of the molecule is COc1cc(OC)cc(O[C@H](C(=O)O)[C@@]2(c3ccccc3F)NCC(=O)N(C)c3ccc([N+](=O)[O-])cc32)c1. The first-order chi connectivity index (χ1) is 18.1. The molecule has 0 aliphatic carbocycles. The number of carboxylic acids is 1. The molecule has 0 unspecified atom stereocenters. The number of fused-ring (bicyclic) bond motifs is 1. The number of ether oxygens (including phenoxy) is 3. The van der Waals surface area contributed by atoms with Crippen molar-refractivity contribution in [2.24, 2.45) is 0 Å². The van der Waals surface area contributed by atoms with Gasteiger partial charge in [0.15, 0.2) is 0 Å². The first kappa shape index (κ1) is 26.4. The van der Waals surface area contributed by atoms with Crippen LogP contribution >= 0.6 is 0 Å². The maximum absolute atomic E-state index is 15.5.